The molecule has 2 unspecified atom stereocenters. The highest BCUT2D eigenvalue weighted by Gasteiger charge is 2.36. The van der Waals surface area contributed by atoms with Gasteiger partial charge in [-0.3, -0.25) is 0 Å². The van der Waals surface area contributed by atoms with Gasteiger partial charge in [0.25, 0.3) is 0 Å². The quantitative estimate of drug-likeness (QED) is 0.811. The van der Waals surface area contributed by atoms with Crippen molar-refractivity contribution in [2.75, 3.05) is 6.54 Å². The predicted molar refractivity (Wildman–Crippen MR) is 83.8 cm³/mol. The highest BCUT2D eigenvalue weighted by molar-refractivity contribution is 7.09. The molecule has 19 heavy (non-hydrogen) atoms. The van der Waals surface area contributed by atoms with Crippen molar-refractivity contribution in [2.24, 2.45) is 5.92 Å². The molecular formula is C16H28N2S. The zero-order chi connectivity index (χ0) is 13.9. The molecule has 2 atom stereocenters. The molecule has 1 aliphatic rings. The molecule has 0 aliphatic heterocycles. The van der Waals surface area contributed by atoms with Crippen LogP contribution < -0.4 is 5.32 Å². The summed E-state index contributed by atoms with van der Waals surface area (Å²) in [5.41, 5.74) is 1.41. The van der Waals surface area contributed by atoms with Crippen LogP contribution in [0.15, 0.2) is 5.38 Å². The minimum atomic E-state index is 0.150. The molecule has 1 fully saturated rings. The summed E-state index contributed by atoms with van der Waals surface area (Å²) in [5.74, 6) is 1.40. The second-order valence-corrected chi connectivity index (χ2v) is 7.24. The number of rotatable bonds is 4. The first-order valence-electron chi connectivity index (χ1n) is 7.78. The first kappa shape index (κ1) is 15.0. The Hall–Kier alpha value is -0.410. The Kier molecular flexibility index (Phi) is 5.02. The number of hydrogen-bond acceptors (Lipinski definition) is 3. The molecule has 0 radical (unpaired) electrons. The zero-order valence-corrected chi connectivity index (χ0v) is 13.6. The second kappa shape index (κ2) is 6.36. The Morgan fingerprint density at radius 3 is 2.84 bits per heavy atom. The number of hydrogen-bond donors (Lipinski definition) is 1. The van der Waals surface area contributed by atoms with Crippen molar-refractivity contribution in [3.8, 4) is 0 Å². The van der Waals surface area contributed by atoms with Gasteiger partial charge in [0.15, 0.2) is 0 Å². The number of nitrogens with zero attached hydrogens (tertiary/aromatic N) is 1. The largest absolute Gasteiger partial charge is 0.306 e. The maximum Gasteiger partial charge on any atom is 0.113 e. The van der Waals surface area contributed by atoms with E-state index >= 15 is 0 Å². The lowest BCUT2D eigenvalue weighted by Gasteiger charge is -2.32. The zero-order valence-electron chi connectivity index (χ0n) is 12.8. The smallest absolute Gasteiger partial charge is 0.113 e. The predicted octanol–water partition coefficient (Wildman–Crippen LogP) is 4.67. The molecule has 0 saturated heterocycles. The molecule has 3 heteroatoms. The van der Waals surface area contributed by atoms with E-state index in [4.69, 9.17) is 4.98 Å². The Morgan fingerprint density at radius 1 is 1.42 bits per heavy atom. The third-order valence-electron chi connectivity index (χ3n) is 4.40. The standard InChI is InChI=1S/C16H28N2S/c1-5-17-16(9-6-7-13(4)8-10-16)15-18-14(11-19-15)12(2)3/h11-13,17H,5-10H2,1-4H3. The van der Waals surface area contributed by atoms with Crippen molar-refractivity contribution >= 4 is 11.3 Å². The summed E-state index contributed by atoms with van der Waals surface area (Å²) in [5, 5.41) is 7.36. The van der Waals surface area contributed by atoms with Crippen molar-refractivity contribution in [1.82, 2.24) is 10.3 Å². The van der Waals surface area contributed by atoms with Gasteiger partial charge in [-0.1, -0.05) is 40.5 Å². The third kappa shape index (κ3) is 3.38. The first-order chi connectivity index (χ1) is 9.07. The van der Waals surface area contributed by atoms with Crippen LogP contribution in [0.5, 0.6) is 0 Å². The van der Waals surface area contributed by atoms with Gasteiger partial charge in [0.1, 0.15) is 5.01 Å². The molecule has 1 saturated carbocycles. The van der Waals surface area contributed by atoms with E-state index in [9.17, 15) is 0 Å². The van der Waals surface area contributed by atoms with E-state index in [1.54, 1.807) is 0 Å². The molecule has 2 rings (SSSR count). The molecule has 2 nitrogen and oxygen atoms in total. The van der Waals surface area contributed by atoms with E-state index in [0.717, 1.165) is 12.5 Å². The Labute approximate surface area is 122 Å². The highest BCUT2D eigenvalue weighted by atomic mass is 32.1. The molecule has 1 aromatic heterocycles. The normalized spacial score (nSPS) is 28.6. The molecule has 0 amide bonds. The Balaban J connectivity index is 2.26. The maximum atomic E-state index is 4.95. The number of nitrogens with one attached hydrogen (secondary N) is 1. The molecule has 0 aromatic carbocycles. The van der Waals surface area contributed by atoms with Crippen LogP contribution in [0.4, 0.5) is 0 Å². The Morgan fingerprint density at radius 2 is 2.21 bits per heavy atom. The van der Waals surface area contributed by atoms with Gasteiger partial charge in [-0.25, -0.2) is 4.98 Å². The molecule has 1 heterocycles. The highest BCUT2D eigenvalue weighted by Crippen LogP contribution is 2.39. The summed E-state index contributed by atoms with van der Waals surface area (Å²) in [6.07, 6.45) is 6.51. The van der Waals surface area contributed by atoms with Crippen molar-refractivity contribution in [3.05, 3.63) is 16.1 Å². The van der Waals surface area contributed by atoms with E-state index in [1.807, 2.05) is 11.3 Å². The first-order valence-corrected chi connectivity index (χ1v) is 8.66. The van der Waals surface area contributed by atoms with Gasteiger partial charge in [-0.05, 0) is 37.6 Å². The van der Waals surface area contributed by atoms with Crippen molar-refractivity contribution in [3.63, 3.8) is 0 Å². The molecule has 0 spiro atoms. The van der Waals surface area contributed by atoms with Crippen LogP contribution in [0.25, 0.3) is 0 Å². The van der Waals surface area contributed by atoms with E-state index < -0.39 is 0 Å². The van der Waals surface area contributed by atoms with E-state index in [1.165, 1.54) is 42.8 Å². The SMILES string of the molecule is CCNC1(c2nc(C(C)C)cs2)CCCC(C)CC1. The fraction of sp³-hybridized carbons (Fsp3) is 0.812. The average Bonchev–Trinajstić information content (AvgIpc) is 2.79. The van der Waals surface area contributed by atoms with Crippen molar-refractivity contribution < 1.29 is 0 Å². The molecule has 0 bridgehead atoms. The Bertz CT molecular complexity index is 399. The van der Waals surface area contributed by atoms with Gasteiger partial charge in [-0.2, -0.15) is 0 Å². The monoisotopic (exact) mass is 280 g/mol. The third-order valence-corrected chi connectivity index (χ3v) is 5.47. The van der Waals surface area contributed by atoms with Crippen LogP contribution in [0.1, 0.15) is 76.4 Å². The fourth-order valence-electron chi connectivity index (χ4n) is 3.09. The van der Waals surface area contributed by atoms with Crippen LogP contribution in [-0.4, -0.2) is 11.5 Å². The molecular weight excluding hydrogens is 252 g/mol. The fourth-order valence-corrected chi connectivity index (χ4v) is 4.31. The molecule has 108 valence electrons. The lowest BCUT2D eigenvalue weighted by atomic mass is 9.90. The minimum absolute atomic E-state index is 0.150. The summed E-state index contributed by atoms with van der Waals surface area (Å²) in [7, 11) is 0. The maximum absolute atomic E-state index is 4.95. The van der Waals surface area contributed by atoms with E-state index in [0.29, 0.717) is 5.92 Å². The van der Waals surface area contributed by atoms with Gasteiger partial charge >= 0.3 is 0 Å². The summed E-state index contributed by atoms with van der Waals surface area (Å²) in [6, 6.07) is 0. The van der Waals surface area contributed by atoms with Gasteiger partial charge < -0.3 is 5.32 Å². The van der Waals surface area contributed by atoms with Gasteiger partial charge in [0.05, 0.1) is 11.2 Å². The lowest BCUT2D eigenvalue weighted by molar-refractivity contribution is 0.291. The van der Waals surface area contributed by atoms with Crippen LogP contribution in [0.2, 0.25) is 0 Å². The summed E-state index contributed by atoms with van der Waals surface area (Å²) >= 11 is 1.86. The van der Waals surface area contributed by atoms with Crippen LogP contribution in [0, 0.1) is 5.92 Å². The van der Waals surface area contributed by atoms with Crippen molar-refractivity contribution in [1.29, 1.82) is 0 Å². The molecule has 1 N–H and O–H groups in total. The second-order valence-electron chi connectivity index (χ2n) is 6.38. The van der Waals surface area contributed by atoms with Gasteiger partial charge in [-0.15, -0.1) is 11.3 Å². The van der Waals surface area contributed by atoms with E-state index in [-0.39, 0.29) is 5.54 Å². The van der Waals surface area contributed by atoms with E-state index in [2.05, 4.69) is 38.4 Å². The van der Waals surface area contributed by atoms with Crippen molar-refractivity contribution in [2.45, 2.75) is 71.3 Å². The average molecular weight is 280 g/mol. The minimum Gasteiger partial charge on any atom is -0.306 e. The molecule has 1 aromatic rings. The topological polar surface area (TPSA) is 24.9 Å². The summed E-state index contributed by atoms with van der Waals surface area (Å²) in [4.78, 5) is 4.95. The summed E-state index contributed by atoms with van der Waals surface area (Å²) < 4.78 is 0. The van der Waals surface area contributed by atoms with Crippen LogP contribution in [-0.2, 0) is 5.54 Å². The van der Waals surface area contributed by atoms with Gasteiger partial charge in [0.2, 0.25) is 0 Å². The number of aromatic nitrogens is 1. The summed E-state index contributed by atoms with van der Waals surface area (Å²) in [6.45, 7) is 10.1. The van der Waals surface area contributed by atoms with Crippen LogP contribution >= 0.6 is 11.3 Å². The van der Waals surface area contributed by atoms with Crippen LogP contribution in [0.3, 0.4) is 0 Å². The molecule has 1 aliphatic carbocycles. The van der Waals surface area contributed by atoms with Gasteiger partial charge in [0, 0.05) is 5.38 Å². The number of thiazole rings is 1. The lowest BCUT2D eigenvalue weighted by Crippen LogP contribution is -2.42.